The minimum Gasteiger partial charge on any atom is -0.465 e. The third-order valence-electron chi connectivity index (χ3n) is 5.65. The van der Waals surface area contributed by atoms with Crippen LogP contribution < -0.4 is 15.4 Å². The first-order valence-corrected chi connectivity index (χ1v) is 13.9. The highest BCUT2D eigenvalue weighted by Crippen LogP contribution is 2.40. The van der Waals surface area contributed by atoms with Crippen LogP contribution in [0.25, 0.3) is 0 Å². The third-order valence-corrected chi connectivity index (χ3v) is 8.67. The van der Waals surface area contributed by atoms with E-state index in [4.69, 9.17) is 28.6 Å². The zero-order valence-electron chi connectivity index (χ0n) is 19.1. The van der Waals surface area contributed by atoms with Crippen LogP contribution in [0.3, 0.4) is 0 Å². The van der Waals surface area contributed by atoms with Crippen molar-refractivity contribution in [1.82, 2.24) is 0 Å². The van der Waals surface area contributed by atoms with Crippen molar-refractivity contribution in [1.29, 1.82) is 0 Å². The fourth-order valence-electron chi connectivity index (χ4n) is 3.87. The molecule has 35 heavy (non-hydrogen) atoms. The summed E-state index contributed by atoms with van der Waals surface area (Å²) in [5, 5.41) is 7.63. The number of carbonyl (C=O) groups excluding carboxylic acids is 1. The van der Waals surface area contributed by atoms with Crippen LogP contribution in [0.4, 0.5) is 16.4 Å². The quantitative estimate of drug-likeness (QED) is 0.259. The van der Waals surface area contributed by atoms with Crippen LogP contribution in [0.2, 0.25) is 5.02 Å². The molecule has 11 heteroatoms. The summed E-state index contributed by atoms with van der Waals surface area (Å²) in [7, 11) is -2.39. The molecule has 184 valence electrons. The summed E-state index contributed by atoms with van der Waals surface area (Å²) in [6.45, 7) is 2.20. The van der Waals surface area contributed by atoms with Gasteiger partial charge in [-0.25, -0.2) is 13.2 Å². The molecule has 0 bridgehead atoms. The summed E-state index contributed by atoms with van der Waals surface area (Å²) in [5.41, 5.74) is 2.59. The number of hydrogen-bond acceptors (Lipinski definition) is 6. The highest BCUT2D eigenvalue weighted by Gasteiger charge is 2.28. The smallest absolute Gasteiger partial charge is 0.341 e. The number of nitrogens with one attached hydrogen (secondary N) is 3. The Labute approximate surface area is 218 Å². The van der Waals surface area contributed by atoms with Crippen molar-refractivity contribution in [3.05, 3.63) is 69.6 Å². The number of sulfonamides is 1. The SMILES string of the molecule is COC(=O)c1c(NC(=S)Nc2ccc(S(=O)(=O)Nc3ccc(Cl)cc3)cc2)sc2c1CC[C@H](C)C2. The molecular weight excluding hydrogens is 526 g/mol. The van der Waals surface area contributed by atoms with E-state index in [1.165, 1.54) is 35.5 Å². The molecule has 3 aromatic rings. The second-order valence-corrected chi connectivity index (χ2v) is 11.9. The van der Waals surface area contributed by atoms with E-state index < -0.39 is 10.0 Å². The van der Waals surface area contributed by atoms with Gasteiger partial charge in [0, 0.05) is 21.3 Å². The number of esters is 1. The molecule has 0 saturated carbocycles. The van der Waals surface area contributed by atoms with Gasteiger partial charge in [0.15, 0.2) is 5.11 Å². The van der Waals surface area contributed by atoms with E-state index in [0.717, 1.165) is 24.8 Å². The number of anilines is 3. The first-order chi connectivity index (χ1) is 16.7. The van der Waals surface area contributed by atoms with Crippen LogP contribution in [-0.2, 0) is 27.6 Å². The van der Waals surface area contributed by atoms with Crippen molar-refractivity contribution in [2.75, 3.05) is 22.5 Å². The fraction of sp³-hybridized carbons (Fsp3) is 0.250. The van der Waals surface area contributed by atoms with Crippen LogP contribution in [0.1, 0.15) is 34.1 Å². The molecular formula is C24H24ClN3O4S3. The lowest BCUT2D eigenvalue weighted by Crippen LogP contribution is -2.20. The number of benzene rings is 2. The zero-order chi connectivity index (χ0) is 25.2. The van der Waals surface area contributed by atoms with Gasteiger partial charge < -0.3 is 15.4 Å². The fourth-order valence-corrected chi connectivity index (χ4v) is 6.74. The molecule has 0 fully saturated rings. The first-order valence-electron chi connectivity index (χ1n) is 10.9. The largest absolute Gasteiger partial charge is 0.465 e. The molecule has 1 aromatic heterocycles. The van der Waals surface area contributed by atoms with Gasteiger partial charge in [-0.3, -0.25) is 4.72 Å². The van der Waals surface area contributed by atoms with Gasteiger partial charge in [0.2, 0.25) is 0 Å². The lowest BCUT2D eigenvalue weighted by atomic mass is 9.88. The molecule has 0 saturated heterocycles. The van der Waals surface area contributed by atoms with Crippen molar-refractivity contribution in [2.24, 2.45) is 5.92 Å². The minimum atomic E-state index is -3.76. The van der Waals surface area contributed by atoms with Gasteiger partial charge >= 0.3 is 5.97 Å². The highest BCUT2D eigenvalue weighted by atomic mass is 35.5. The Morgan fingerprint density at radius 1 is 1.09 bits per heavy atom. The van der Waals surface area contributed by atoms with Gasteiger partial charge in [0.25, 0.3) is 10.0 Å². The second kappa shape index (κ2) is 10.5. The second-order valence-electron chi connectivity index (χ2n) is 8.26. The number of rotatable bonds is 6. The van der Waals surface area contributed by atoms with Crippen molar-refractivity contribution < 1.29 is 17.9 Å². The predicted octanol–water partition coefficient (Wildman–Crippen LogP) is 5.92. The maximum Gasteiger partial charge on any atom is 0.341 e. The summed E-state index contributed by atoms with van der Waals surface area (Å²) >= 11 is 12.8. The van der Waals surface area contributed by atoms with Crippen LogP contribution in [0.15, 0.2) is 53.4 Å². The molecule has 0 spiro atoms. The molecule has 1 aliphatic carbocycles. The summed E-state index contributed by atoms with van der Waals surface area (Å²) in [5.74, 6) is 0.179. The number of fused-ring (bicyclic) bond motifs is 1. The maximum atomic E-state index is 12.7. The molecule has 3 N–H and O–H groups in total. The average molecular weight is 550 g/mol. The van der Waals surface area contributed by atoms with Crippen molar-refractivity contribution in [3.63, 3.8) is 0 Å². The molecule has 0 radical (unpaired) electrons. The van der Waals surface area contributed by atoms with Crippen LogP contribution in [0, 0.1) is 5.92 Å². The van der Waals surface area contributed by atoms with Crippen molar-refractivity contribution in [3.8, 4) is 0 Å². The lowest BCUT2D eigenvalue weighted by Gasteiger charge is -2.18. The van der Waals surface area contributed by atoms with Crippen molar-refractivity contribution >= 4 is 72.6 Å². The number of thiophene rings is 1. The molecule has 2 aromatic carbocycles. The highest BCUT2D eigenvalue weighted by molar-refractivity contribution is 7.92. The third kappa shape index (κ3) is 5.95. The Balaban J connectivity index is 1.45. The molecule has 1 atom stereocenters. The van der Waals surface area contributed by atoms with Crippen LogP contribution in [0.5, 0.6) is 0 Å². The Hall–Kier alpha value is -2.66. The minimum absolute atomic E-state index is 0.102. The molecule has 1 heterocycles. The Bertz CT molecular complexity index is 1350. The Morgan fingerprint density at radius 2 is 1.74 bits per heavy atom. The van der Waals surface area contributed by atoms with Crippen LogP contribution >= 0.6 is 35.2 Å². The van der Waals surface area contributed by atoms with E-state index in [1.54, 1.807) is 36.4 Å². The van der Waals surface area contributed by atoms with E-state index in [2.05, 4.69) is 22.3 Å². The van der Waals surface area contributed by atoms with E-state index in [9.17, 15) is 13.2 Å². The van der Waals surface area contributed by atoms with Crippen LogP contribution in [-0.4, -0.2) is 26.6 Å². The van der Waals surface area contributed by atoms with E-state index in [1.807, 2.05) is 0 Å². The van der Waals surface area contributed by atoms with E-state index in [0.29, 0.717) is 32.9 Å². The van der Waals surface area contributed by atoms with Crippen molar-refractivity contribution in [2.45, 2.75) is 31.1 Å². The van der Waals surface area contributed by atoms with Gasteiger partial charge in [-0.15, -0.1) is 11.3 Å². The number of ether oxygens (including phenoxy) is 1. The summed E-state index contributed by atoms with van der Waals surface area (Å²) in [4.78, 5) is 13.8. The first kappa shape index (κ1) is 25.4. The topological polar surface area (TPSA) is 96.5 Å². The molecule has 4 rings (SSSR count). The normalized spacial score (nSPS) is 15.1. The number of carbonyl (C=O) groups is 1. The van der Waals surface area contributed by atoms with Gasteiger partial charge in [-0.05, 0) is 91.5 Å². The van der Waals surface area contributed by atoms with Gasteiger partial charge in [-0.1, -0.05) is 18.5 Å². The average Bonchev–Trinajstić information content (AvgIpc) is 3.16. The molecule has 1 aliphatic rings. The number of hydrogen-bond donors (Lipinski definition) is 3. The molecule has 0 unspecified atom stereocenters. The van der Waals surface area contributed by atoms with Gasteiger partial charge in [0.05, 0.1) is 17.6 Å². The lowest BCUT2D eigenvalue weighted by molar-refractivity contribution is 0.0601. The predicted molar refractivity (Wildman–Crippen MR) is 145 cm³/mol. The Kier molecular flexibility index (Phi) is 7.65. The monoisotopic (exact) mass is 549 g/mol. The summed E-state index contributed by atoms with van der Waals surface area (Å²) < 4.78 is 32.9. The number of thiocarbonyl (C=S) groups is 1. The number of methoxy groups -OCH3 is 1. The summed E-state index contributed by atoms with van der Waals surface area (Å²) in [6.07, 6.45) is 2.78. The van der Waals surface area contributed by atoms with Gasteiger partial charge in [-0.2, -0.15) is 0 Å². The molecule has 7 nitrogen and oxygen atoms in total. The molecule has 0 aliphatic heterocycles. The van der Waals surface area contributed by atoms with E-state index >= 15 is 0 Å². The van der Waals surface area contributed by atoms with Gasteiger partial charge in [0.1, 0.15) is 5.00 Å². The Morgan fingerprint density at radius 3 is 2.40 bits per heavy atom. The maximum absolute atomic E-state index is 12.7. The number of halogens is 1. The summed E-state index contributed by atoms with van der Waals surface area (Å²) in [6, 6.07) is 12.6. The van der Waals surface area contributed by atoms with E-state index in [-0.39, 0.29) is 16.0 Å². The standard InChI is InChI=1S/C24H24ClN3O4S3/c1-14-3-12-19-20(13-14)34-22(21(19)23(29)32-2)27-24(33)26-16-8-10-18(11-9-16)35(30,31)28-17-6-4-15(25)5-7-17/h4-11,14,28H,3,12-13H2,1-2H3,(H2,26,27,33)/t14-/m0/s1. The zero-order valence-corrected chi connectivity index (χ0v) is 22.3. The molecule has 0 amide bonds.